The molecule has 6 heteroatoms. The van der Waals surface area contributed by atoms with E-state index < -0.39 is 6.36 Å². The fourth-order valence-electron chi connectivity index (χ4n) is 1.58. The fraction of sp³-hybridized carbons (Fsp3) is 0.308. The second kappa shape index (κ2) is 4.95. The van der Waals surface area contributed by atoms with Crippen molar-refractivity contribution in [3.8, 4) is 17.0 Å². The normalized spacial score (nSPS) is 11.9. The van der Waals surface area contributed by atoms with E-state index in [4.69, 9.17) is 4.52 Å². The minimum Gasteiger partial charge on any atom is -0.405 e. The Bertz CT molecular complexity index is 561. The van der Waals surface area contributed by atoms with Crippen LogP contribution in [0.3, 0.4) is 0 Å². The molecule has 0 bridgehead atoms. The first kappa shape index (κ1) is 13.5. The Labute approximate surface area is 108 Å². The van der Waals surface area contributed by atoms with Crippen LogP contribution in [0.5, 0.6) is 5.75 Å². The lowest BCUT2D eigenvalue weighted by Crippen LogP contribution is -2.17. The summed E-state index contributed by atoms with van der Waals surface area (Å²) in [6, 6.07) is 7.44. The summed E-state index contributed by atoms with van der Waals surface area (Å²) in [5.41, 5.74) is 0.569. The van der Waals surface area contributed by atoms with Crippen LogP contribution in [0, 0.1) is 0 Å². The van der Waals surface area contributed by atoms with E-state index in [2.05, 4.69) is 9.89 Å². The number of aromatic nitrogens is 1. The lowest BCUT2D eigenvalue weighted by molar-refractivity contribution is -0.274. The van der Waals surface area contributed by atoms with Crippen molar-refractivity contribution in [3.05, 3.63) is 36.1 Å². The van der Waals surface area contributed by atoms with Gasteiger partial charge < -0.3 is 9.26 Å². The van der Waals surface area contributed by atoms with Gasteiger partial charge in [-0.1, -0.05) is 31.1 Å². The van der Waals surface area contributed by atoms with Gasteiger partial charge in [-0.05, 0) is 12.1 Å². The maximum absolute atomic E-state index is 12.3. The van der Waals surface area contributed by atoms with Gasteiger partial charge in [-0.15, -0.1) is 13.2 Å². The molecule has 0 fully saturated rings. The van der Waals surface area contributed by atoms with Crippen LogP contribution >= 0.6 is 0 Å². The summed E-state index contributed by atoms with van der Waals surface area (Å²) in [5, 5.41) is 3.78. The number of hydrogen-bond donors (Lipinski definition) is 0. The molecular formula is C13H12F3NO2. The summed E-state index contributed by atoms with van der Waals surface area (Å²) in [6.07, 6.45) is -4.74. The minimum atomic E-state index is -4.74. The van der Waals surface area contributed by atoms with E-state index in [0.717, 1.165) is 0 Å². The van der Waals surface area contributed by atoms with Crippen molar-refractivity contribution in [1.82, 2.24) is 5.16 Å². The molecule has 0 saturated carbocycles. The van der Waals surface area contributed by atoms with Crippen molar-refractivity contribution in [2.24, 2.45) is 0 Å². The van der Waals surface area contributed by atoms with Gasteiger partial charge in [-0.3, -0.25) is 0 Å². The maximum Gasteiger partial charge on any atom is 0.573 e. The molecule has 1 aromatic carbocycles. The third-order valence-electron chi connectivity index (χ3n) is 2.49. The minimum absolute atomic E-state index is 0.108. The Balaban J connectivity index is 2.38. The topological polar surface area (TPSA) is 35.3 Å². The third-order valence-corrected chi connectivity index (χ3v) is 2.49. The molecule has 102 valence electrons. The van der Waals surface area contributed by atoms with Gasteiger partial charge in [0, 0.05) is 17.5 Å². The molecule has 0 unspecified atom stereocenters. The van der Waals surface area contributed by atoms with Crippen LogP contribution in [-0.2, 0) is 0 Å². The van der Waals surface area contributed by atoms with Crippen molar-refractivity contribution in [2.75, 3.05) is 0 Å². The molecule has 0 aliphatic heterocycles. The molecule has 2 rings (SSSR count). The molecule has 0 amide bonds. The van der Waals surface area contributed by atoms with Gasteiger partial charge >= 0.3 is 6.36 Å². The van der Waals surface area contributed by atoms with Crippen molar-refractivity contribution >= 4 is 0 Å². The predicted molar refractivity (Wildman–Crippen MR) is 62.7 cm³/mol. The highest BCUT2D eigenvalue weighted by Crippen LogP contribution is 2.34. The van der Waals surface area contributed by atoms with Gasteiger partial charge in [0.15, 0.2) is 0 Å². The molecule has 0 aliphatic rings. The zero-order valence-corrected chi connectivity index (χ0v) is 10.4. The summed E-state index contributed by atoms with van der Waals surface area (Å²) < 4.78 is 46.0. The molecule has 0 N–H and O–H groups in total. The van der Waals surface area contributed by atoms with E-state index in [1.54, 1.807) is 12.1 Å². The van der Waals surface area contributed by atoms with E-state index in [0.29, 0.717) is 11.5 Å². The number of alkyl halides is 3. The molecular weight excluding hydrogens is 259 g/mol. The van der Waals surface area contributed by atoms with E-state index in [-0.39, 0.29) is 17.2 Å². The van der Waals surface area contributed by atoms with Crippen molar-refractivity contribution < 1.29 is 22.4 Å². The first-order chi connectivity index (χ1) is 8.87. The highest BCUT2D eigenvalue weighted by atomic mass is 19.4. The molecule has 1 heterocycles. The van der Waals surface area contributed by atoms with Crippen LogP contribution in [0.4, 0.5) is 13.2 Å². The van der Waals surface area contributed by atoms with Crippen LogP contribution in [0.2, 0.25) is 0 Å². The van der Waals surface area contributed by atoms with Crippen molar-refractivity contribution in [2.45, 2.75) is 26.1 Å². The predicted octanol–water partition coefficient (Wildman–Crippen LogP) is 4.36. The molecule has 1 aromatic heterocycles. The molecule has 0 atom stereocenters. The standard InChI is InChI=1S/C13H12F3NO2/c1-8(2)12-7-10(17-19-12)9-5-3-4-6-11(9)18-13(14,15)16/h3-8H,1-2H3. The monoisotopic (exact) mass is 271 g/mol. The number of rotatable bonds is 3. The van der Waals surface area contributed by atoms with Crippen LogP contribution in [0.15, 0.2) is 34.9 Å². The number of nitrogens with zero attached hydrogens (tertiary/aromatic N) is 1. The van der Waals surface area contributed by atoms with E-state index in [1.807, 2.05) is 13.8 Å². The highest BCUT2D eigenvalue weighted by molar-refractivity contribution is 5.67. The first-order valence-electron chi connectivity index (χ1n) is 5.68. The van der Waals surface area contributed by atoms with Crippen molar-refractivity contribution in [1.29, 1.82) is 0 Å². The third kappa shape index (κ3) is 3.27. The lowest BCUT2D eigenvalue weighted by Gasteiger charge is -2.11. The maximum atomic E-state index is 12.3. The highest BCUT2D eigenvalue weighted by Gasteiger charge is 2.32. The smallest absolute Gasteiger partial charge is 0.405 e. The van der Waals surface area contributed by atoms with Gasteiger partial charge in [-0.2, -0.15) is 0 Å². The largest absolute Gasteiger partial charge is 0.573 e. The average molecular weight is 271 g/mol. The molecule has 2 aromatic rings. The van der Waals surface area contributed by atoms with Gasteiger partial charge in [0.25, 0.3) is 0 Å². The molecule has 3 nitrogen and oxygen atoms in total. The quantitative estimate of drug-likeness (QED) is 0.831. The average Bonchev–Trinajstić information content (AvgIpc) is 2.76. The zero-order chi connectivity index (χ0) is 14.0. The first-order valence-corrected chi connectivity index (χ1v) is 5.68. The Hall–Kier alpha value is -1.98. The second-order valence-corrected chi connectivity index (χ2v) is 4.31. The molecule has 0 radical (unpaired) electrons. The molecule has 19 heavy (non-hydrogen) atoms. The van der Waals surface area contributed by atoms with E-state index in [9.17, 15) is 13.2 Å². The van der Waals surface area contributed by atoms with Gasteiger partial charge in [-0.25, -0.2) is 0 Å². The van der Waals surface area contributed by atoms with Crippen molar-refractivity contribution in [3.63, 3.8) is 0 Å². The van der Waals surface area contributed by atoms with Crippen LogP contribution in [0.1, 0.15) is 25.5 Å². The van der Waals surface area contributed by atoms with E-state index in [1.165, 1.54) is 18.2 Å². The van der Waals surface area contributed by atoms with Gasteiger partial charge in [0.2, 0.25) is 0 Å². The Morgan fingerprint density at radius 3 is 2.47 bits per heavy atom. The lowest BCUT2D eigenvalue weighted by atomic mass is 10.1. The molecule has 0 aliphatic carbocycles. The fourth-order valence-corrected chi connectivity index (χ4v) is 1.58. The number of para-hydroxylation sites is 1. The Morgan fingerprint density at radius 2 is 1.89 bits per heavy atom. The van der Waals surface area contributed by atoms with Gasteiger partial charge in [0.1, 0.15) is 17.2 Å². The number of benzene rings is 1. The summed E-state index contributed by atoms with van der Waals surface area (Å²) in [7, 11) is 0. The Kier molecular flexibility index (Phi) is 3.50. The van der Waals surface area contributed by atoms with Gasteiger partial charge in [0.05, 0.1) is 0 Å². The SMILES string of the molecule is CC(C)c1cc(-c2ccccc2OC(F)(F)F)no1. The number of hydrogen-bond acceptors (Lipinski definition) is 3. The number of halogens is 3. The summed E-state index contributed by atoms with van der Waals surface area (Å²) in [4.78, 5) is 0. The second-order valence-electron chi connectivity index (χ2n) is 4.31. The molecule has 0 saturated heterocycles. The summed E-state index contributed by atoms with van der Waals surface area (Å²) in [5.74, 6) is 0.423. The number of ether oxygens (including phenoxy) is 1. The van der Waals surface area contributed by atoms with Crippen LogP contribution in [0.25, 0.3) is 11.3 Å². The summed E-state index contributed by atoms with van der Waals surface area (Å²) >= 11 is 0. The van der Waals surface area contributed by atoms with Crippen LogP contribution in [-0.4, -0.2) is 11.5 Å². The van der Waals surface area contributed by atoms with Crippen LogP contribution < -0.4 is 4.74 Å². The summed E-state index contributed by atoms with van der Waals surface area (Å²) in [6.45, 7) is 3.81. The zero-order valence-electron chi connectivity index (χ0n) is 10.4. The van der Waals surface area contributed by atoms with E-state index >= 15 is 0 Å². The Morgan fingerprint density at radius 1 is 1.21 bits per heavy atom. The molecule has 0 spiro atoms.